The number of nitrogens with zero attached hydrogens (tertiary/aromatic N) is 5. The van der Waals surface area contributed by atoms with Crippen molar-refractivity contribution in [1.29, 1.82) is 0 Å². The molecule has 3 aromatic carbocycles. The number of carbonyl (C=O) groups is 3. The quantitative estimate of drug-likeness (QED) is 0.263. The van der Waals surface area contributed by atoms with Crippen LogP contribution in [0.1, 0.15) is 24.8 Å². The third-order valence-electron chi connectivity index (χ3n) is 7.14. The van der Waals surface area contributed by atoms with E-state index in [1.54, 1.807) is 0 Å². The molecule has 0 saturated heterocycles. The molecule has 8 rings (SSSR count). The first-order valence-electron chi connectivity index (χ1n) is 15.4. The molecule has 0 radical (unpaired) electrons. The lowest BCUT2D eigenvalue weighted by molar-refractivity contribution is -0.117. The van der Waals surface area contributed by atoms with E-state index >= 15 is 0 Å². The van der Waals surface area contributed by atoms with Crippen LogP contribution in [0.2, 0.25) is 0 Å². The summed E-state index contributed by atoms with van der Waals surface area (Å²) in [5.41, 5.74) is 5.76. The predicted molar refractivity (Wildman–Crippen MR) is 200 cm³/mol. The maximum absolute atomic E-state index is 11.4. The molecule has 242 valence electrons. The molecule has 0 atom stereocenters. The summed E-state index contributed by atoms with van der Waals surface area (Å²) < 4.78 is 0. The molecule has 10 heteroatoms. The van der Waals surface area contributed by atoms with Crippen molar-refractivity contribution in [3.63, 3.8) is 0 Å². The number of rotatable bonds is 3. The zero-order chi connectivity index (χ0) is 33.7. The zero-order valence-electron chi connectivity index (χ0n) is 26.4. The monoisotopic (exact) mass is 673 g/mol. The standard InChI is InChI=1S/C15H12N2OS.C9H7NOS.C7H6N2O.C7H10/c18-14-11-19-15(16-14)17(12-7-3-1-4-8-12)13-9-5-2-6-10-13;11-8-6-12-9(10-8)7-4-2-1-3-5-7;10-7-5-9-4-2-1-3-6(9)8-7;1-6-3-4-7(2)5-6/h1-10H,11H2;1-5H,6H2;1-4H,5H2;1-5H2. The maximum atomic E-state index is 11.4. The van der Waals surface area contributed by atoms with Gasteiger partial charge in [0, 0.05) is 23.1 Å². The highest BCUT2D eigenvalue weighted by atomic mass is 32.2. The van der Waals surface area contributed by atoms with Crippen LogP contribution in [0.4, 0.5) is 11.4 Å². The molecule has 4 heterocycles. The highest BCUT2D eigenvalue weighted by Gasteiger charge is 2.23. The molecule has 8 nitrogen and oxygen atoms in total. The molecule has 3 amide bonds. The predicted octanol–water partition coefficient (Wildman–Crippen LogP) is 7.75. The molecule has 1 aliphatic carbocycles. The number of amidine groups is 2. The fourth-order valence-electron chi connectivity index (χ4n) is 4.87. The van der Waals surface area contributed by atoms with Crippen LogP contribution in [0.3, 0.4) is 0 Å². The SMILES string of the molecule is C=C1CCC(=C)C1.O=C1CN2C=CC=CC2=N1.O=C1CSC(N(c2ccccc2)c2ccccc2)=N1.O=C1CSC(c2ccccc2)=N1. The van der Waals surface area contributed by atoms with Crippen molar-refractivity contribution >= 4 is 68.7 Å². The minimum Gasteiger partial charge on any atom is -0.323 e. The Hall–Kier alpha value is -5.06. The number of allylic oxidation sites excluding steroid dienone is 4. The number of carbonyl (C=O) groups excluding carboxylic acids is 3. The molecule has 4 aliphatic heterocycles. The molecule has 0 unspecified atom stereocenters. The van der Waals surface area contributed by atoms with Crippen LogP contribution in [0.15, 0.2) is 155 Å². The van der Waals surface area contributed by atoms with Gasteiger partial charge < -0.3 is 4.90 Å². The van der Waals surface area contributed by atoms with Gasteiger partial charge in [0.2, 0.25) is 0 Å². The Balaban J connectivity index is 0.000000134. The van der Waals surface area contributed by atoms with Crippen LogP contribution in [0.25, 0.3) is 0 Å². The van der Waals surface area contributed by atoms with Crippen molar-refractivity contribution in [2.24, 2.45) is 15.0 Å². The fourth-order valence-corrected chi connectivity index (χ4v) is 6.49. The zero-order valence-corrected chi connectivity index (χ0v) is 28.0. The van der Waals surface area contributed by atoms with Crippen LogP contribution in [0, 0.1) is 0 Å². The maximum Gasteiger partial charge on any atom is 0.267 e. The summed E-state index contributed by atoms with van der Waals surface area (Å²) in [4.78, 5) is 48.5. The van der Waals surface area contributed by atoms with E-state index in [2.05, 4.69) is 28.1 Å². The second-order valence-electron chi connectivity index (χ2n) is 10.9. The van der Waals surface area contributed by atoms with E-state index in [4.69, 9.17) is 0 Å². The van der Waals surface area contributed by atoms with E-state index in [1.807, 2.05) is 125 Å². The molecule has 5 aliphatic rings. The second kappa shape index (κ2) is 17.2. The van der Waals surface area contributed by atoms with E-state index in [0.29, 0.717) is 18.1 Å². The van der Waals surface area contributed by atoms with E-state index in [1.165, 1.54) is 47.5 Å². The minimum absolute atomic E-state index is 0.0288. The molecule has 0 N–H and O–H groups in total. The van der Waals surface area contributed by atoms with Crippen LogP contribution in [0.5, 0.6) is 0 Å². The number of para-hydroxylation sites is 2. The van der Waals surface area contributed by atoms with E-state index in [0.717, 1.165) is 39.4 Å². The number of thioether (sulfide) groups is 2. The van der Waals surface area contributed by atoms with Crippen LogP contribution in [-0.2, 0) is 14.4 Å². The summed E-state index contributed by atoms with van der Waals surface area (Å²) in [5.74, 6) is 1.50. The van der Waals surface area contributed by atoms with Crippen molar-refractivity contribution in [2.45, 2.75) is 19.3 Å². The van der Waals surface area contributed by atoms with Gasteiger partial charge in [0.25, 0.3) is 17.7 Å². The lowest BCUT2D eigenvalue weighted by Gasteiger charge is -2.23. The summed E-state index contributed by atoms with van der Waals surface area (Å²) in [7, 11) is 0. The normalized spacial score (nSPS) is 17.3. The number of fused-ring (bicyclic) bond motifs is 1. The Labute approximate surface area is 289 Å². The molecule has 0 bridgehead atoms. The topological polar surface area (TPSA) is 94.8 Å². The van der Waals surface area contributed by atoms with Gasteiger partial charge in [0.1, 0.15) is 17.4 Å². The van der Waals surface area contributed by atoms with Crippen LogP contribution < -0.4 is 4.90 Å². The van der Waals surface area contributed by atoms with E-state index in [-0.39, 0.29) is 17.7 Å². The minimum atomic E-state index is -0.0723. The molecular formula is C38H35N5O3S2. The van der Waals surface area contributed by atoms with E-state index in [9.17, 15) is 14.4 Å². The molecule has 1 fully saturated rings. The molecule has 0 spiro atoms. The summed E-state index contributed by atoms with van der Waals surface area (Å²) in [6, 6.07) is 29.7. The smallest absolute Gasteiger partial charge is 0.267 e. The largest absolute Gasteiger partial charge is 0.323 e. The van der Waals surface area contributed by atoms with Crippen molar-refractivity contribution < 1.29 is 14.4 Å². The van der Waals surface area contributed by atoms with Gasteiger partial charge in [-0.1, -0.05) is 121 Å². The van der Waals surface area contributed by atoms with Gasteiger partial charge >= 0.3 is 0 Å². The van der Waals surface area contributed by atoms with Gasteiger partial charge in [0.05, 0.1) is 11.5 Å². The number of anilines is 2. The number of amides is 3. The lowest BCUT2D eigenvalue weighted by atomic mass is 10.2. The van der Waals surface area contributed by atoms with Crippen molar-refractivity contribution in [3.8, 4) is 0 Å². The summed E-state index contributed by atoms with van der Waals surface area (Å²) in [6.45, 7) is 8.09. The number of hydrogen-bond acceptors (Lipinski definition) is 7. The average molecular weight is 674 g/mol. The van der Waals surface area contributed by atoms with Crippen LogP contribution in [-0.4, -0.2) is 56.7 Å². The Morgan fingerprint density at radius 2 is 1.21 bits per heavy atom. The Morgan fingerprint density at radius 3 is 1.69 bits per heavy atom. The van der Waals surface area contributed by atoms with Gasteiger partial charge in [0.15, 0.2) is 5.17 Å². The molecule has 48 heavy (non-hydrogen) atoms. The van der Waals surface area contributed by atoms with Gasteiger partial charge in [-0.3, -0.25) is 19.3 Å². The average Bonchev–Trinajstić information content (AvgIpc) is 3.92. The summed E-state index contributed by atoms with van der Waals surface area (Å²) >= 11 is 2.98. The molecular weight excluding hydrogens is 639 g/mol. The Morgan fingerprint density at radius 1 is 0.646 bits per heavy atom. The number of aliphatic imine (C=N–C) groups is 3. The first-order chi connectivity index (χ1) is 23.4. The molecule has 3 aromatic rings. The third-order valence-corrected chi connectivity index (χ3v) is 9.05. The van der Waals surface area contributed by atoms with E-state index < -0.39 is 0 Å². The van der Waals surface area contributed by atoms with Crippen LogP contribution >= 0.6 is 23.5 Å². The van der Waals surface area contributed by atoms with Gasteiger partial charge in [-0.15, -0.1) is 0 Å². The number of hydrogen-bond donors (Lipinski definition) is 0. The first kappa shape index (κ1) is 34.3. The Kier molecular flexibility index (Phi) is 12.3. The second-order valence-corrected chi connectivity index (χ2v) is 12.8. The highest BCUT2D eigenvalue weighted by molar-refractivity contribution is 8.15. The highest BCUT2D eigenvalue weighted by Crippen LogP contribution is 2.31. The van der Waals surface area contributed by atoms with Gasteiger partial charge in [-0.2, -0.15) is 9.98 Å². The lowest BCUT2D eigenvalue weighted by Crippen LogP contribution is -2.22. The first-order valence-corrected chi connectivity index (χ1v) is 17.3. The molecule has 1 saturated carbocycles. The van der Waals surface area contributed by atoms with Crippen molar-refractivity contribution in [3.05, 3.63) is 145 Å². The van der Waals surface area contributed by atoms with Gasteiger partial charge in [-0.05, 0) is 55.7 Å². The fraction of sp³-hybridized carbons (Fsp3) is 0.158. The summed E-state index contributed by atoms with van der Waals surface area (Å²) in [6.07, 6.45) is 10.9. The Bertz CT molecular complexity index is 1760. The third kappa shape index (κ3) is 9.97. The van der Waals surface area contributed by atoms with Crippen molar-refractivity contribution in [2.75, 3.05) is 23.0 Å². The van der Waals surface area contributed by atoms with Gasteiger partial charge in [-0.25, -0.2) is 4.99 Å². The number of benzene rings is 3. The summed E-state index contributed by atoms with van der Waals surface area (Å²) in [5, 5.41) is 1.59. The van der Waals surface area contributed by atoms with Crippen molar-refractivity contribution in [1.82, 2.24) is 4.90 Å². The molecule has 0 aromatic heterocycles.